The molecule has 2 aromatic rings. The van der Waals surface area contributed by atoms with Crippen LogP contribution < -0.4 is 5.32 Å². The second-order valence-corrected chi connectivity index (χ2v) is 6.03. The summed E-state index contributed by atoms with van der Waals surface area (Å²) >= 11 is 1.63. The summed E-state index contributed by atoms with van der Waals surface area (Å²) in [5.41, 5.74) is 2.88. The van der Waals surface area contributed by atoms with Gasteiger partial charge in [-0.15, -0.1) is 11.3 Å². The van der Waals surface area contributed by atoms with E-state index in [1.807, 2.05) is 11.6 Å². The highest BCUT2D eigenvalue weighted by molar-refractivity contribution is 7.13. The third kappa shape index (κ3) is 3.30. The average molecular weight is 246 g/mol. The van der Waals surface area contributed by atoms with E-state index in [1.165, 1.54) is 11.1 Å². The Balaban J connectivity index is 1.99. The molecule has 0 aliphatic heterocycles. The lowest BCUT2D eigenvalue weighted by molar-refractivity contribution is 0.590. The van der Waals surface area contributed by atoms with E-state index in [0.29, 0.717) is 0 Å². The molecule has 0 amide bonds. The van der Waals surface area contributed by atoms with Crippen LogP contribution in [0.4, 0.5) is 5.13 Å². The fraction of sp³-hybridized carbons (Fsp3) is 0.357. The number of nitrogens with one attached hydrogen (secondary N) is 1. The molecule has 1 N–H and O–H groups in total. The summed E-state index contributed by atoms with van der Waals surface area (Å²) in [4.78, 5) is 4.20. The van der Waals surface area contributed by atoms with Gasteiger partial charge in [0.15, 0.2) is 5.13 Å². The van der Waals surface area contributed by atoms with Gasteiger partial charge in [-0.1, -0.05) is 45.0 Å². The van der Waals surface area contributed by atoms with Crippen molar-refractivity contribution in [3.8, 4) is 0 Å². The van der Waals surface area contributed by atoms with Gasteiger partial charge in [0.1, 0.15) is 0 Å². The van der Waals surface area contributed by atoms with Gasteiger partial charge < -0.3 is 5.32 Å². The Morgan fingerprint density at radius 3 is 2.41 bits per heavy atom. The summed E-state index contributed by atoms with van der Waals surface area (Å²) in [5, 5.41) is 6.26. The Kier molecular flexibility index (Phi) is 3.48. The molecule has 0 aliphatic rings. The Bertz CT molecular complexity index is 452. The highest BCUT2D eigenvalue weighted by atomic mass is 32.1. The molecule has 3 heteroatoms. The lowest BCUT2D eigenvalue weighted by atomic mass is 9.87. The van der Waals surface area contributed by atoms with E-state index < -0.39 is 0 Å². The SMILES string of the molecule is CC(C)(C)c1ccc(CNc2nccs2)cc1. The molecule has 1 aromatic heterocycles. The summed E-state index contributed by atoms with van der Waals surface area (Å²) in [5.74, 6) is 0. The van der Waals surface area contributed by atoms with Gasteiger partial charge in [-0.2, -0.15) is 0 Å². The van der Waals surface area contributed by atoms with Crippen molar-refractivity contribution in [2.75, 3.05) is 5.32 Å². The van der Waals surface area contributed by atoms with Crippen molar-refractivity contribution in [3.63, 3.8) is 0 Å². The molecule has 0 bridgehead atoms. The van der Waals surface area contributed by atoms with E-state index in [9.17, 15) is 0 Å². The first-order valence-corrected chi connectivity index (χ1v) is 6.66. The van der Waals surface area contributed by atoms with Crippen LogP contribution in [0.1, 0.15) is 31.9 Å². The maximum Gasteiger partial charge on any atom is 0.182 e. The lowest BCUT2D eigenvalue weighted by Gasteiger charge is -2.19. The van der Waals surface area contributed by atoms with E-state index in [2.05, 4.69) is 55.3 Å². The number of anilines is 1. The Morgan fingerprint density at radius 2 is 1.88 bits per heavy atom. The molecular weight excluding hydrogens is 228 g/mol. The molecule has 0 fully saturated rings. The smallest absolute Gasteiger partial charge is 0.182 e. The molecule has 17 heavy (non-hydrogen) atoms. The van der Waals surface area contributed by atoms with Crippen LogP contribution in [-0.4, -0.2) is 4.98 Å². The van der Waals surface area contributed by atoms with Crippen molar-refractivity contribution >= 4 is 16.5 Å². The molecular formula is C14H18N2S. The monoisotopic (exact) mass is 246 g/mol. The molecule has 1 heterocycles. The first-order chi connectivity index (χ1) is 8.05. The summed E-state index contributed by atoms with van der Waals surface area (Å²) in [6, 6.07) is 8.78. The number of aromatic nitrogens is 1. The van der Waals surface area contributed by atoms with Crippen molar-refractivity contribution in [1.29, 1.82) is 0 Å². The van der Waals surface area contributed by atoms with Crippen LogP contribution in [-0.2, 0) is 12.0 Å². The molecule has 0 spiro atoms. The molecule has 0 radical (unpaired) electrons. The molecule has 0 saturated heterocycles. The van der Waals surface area contributed by atoms with E-state index >= 15 is 0 Å². The van der Waals surface area contributed by atoms with Crippen molar-refractivity contribution in [1.82, 2.24) is 4.98 Å². The van der Waals surface area contributed by atoms with Crippen LogP contribution in [0.15, 0.2) is 35.8 Å². The maximum absolute atomic E-state index is 4.20. The second kappa shape index (κ2) is 4.88. The second-order valence-electron chi connectivity index (χ2n) is 5.14. The van der Waals surface area contributed by atoms with Crippen LogP contribution in [0.5, 0.6) is 0 Å². The van der Waals surface area contributed by atoms with Gasteiger partial charge in [0.2, 0.25) is 0 Å². The minimum Gasteiger partial charge on any atom is -0.357 e. The van der Waals surface area contributed by atoms with Crippen molar-refractivity contribution in [2.24, 2.45) is 0 Å². The van der Waals surface area contributed by atoms with Gasteiger partial charge in [-0.05, 0) is 16.5 Å². The standard InChI is InChI=1S/C14H18N2S/c1-14(2,3)12-6-4-11(5-7-12)10-16-13-15-8-9-17-13/h4-9H,10H2,1-3H3,(H,15,16). The van der Waals surface area contributed by atoms with Gasteiger partial charge in [-0.25, -0.2) is 4.98 Å². The van der Waals surface area contributed by atoms with Crippen molar-refractivity contribution < 1.29 is 0 Å². The third-order valence-corrected chi connectivity index (χ3v) is 3.43. The number of rotatable bonds is 3. The first kappa shape index (κ1) is 12.1. The molecule has 0 atom stereocenters. The molecule has 1 aromatic carbocycles. The van der Waals surface area contributed by atoms with Crippen LogP contribution >= 0.6 is 11.3 Å². The van der Waals surface area contributed by atoms with E-state index in [-0.39, 0.29) is 5.41 Å². The van der Waals surface area contributed by atoms with Crippen molar-refractivity contribution in [2.45, 2.75) is 32.7 Å². The molecule has 90 valence electrons. The fourth-order valence-corrected chi connectivity index (χ4v) is 2.14. The Hall–Kier alpha value is -1.35. The predicted octanol–water partition coefficient (Wildman–Crippen LogP) is 4.05. The predicted molar refractivity (Wildman–Crippen MR) is 74.6 cm³/mol. The fourth-order valence-electron chi connectivity index (χ4n) is 1.61. The average Bonchev–Trinajstić information content (AvgIpc) is 2.78. The van der Waals surface area contributed by atoms with Crippen LogP contribution in [0.25, 0.3) is 0 Å². The highest BCUT2D eigenvalue weighted by Gasteiger charge is 2.12. The van der Waals surface area contributed by atoms with Gasteiger partial charge >= 0.3 is 0 Å². The highest BCUT2D eigenvalue weighted by Crippen LogP contribution is 2.22. The normalized spacial score (nSPS) is 11.5. The number of nitrogens with zero attached hydrogens (tertiary/aromatic N) is 1. The summed E-state index contributed by atoms with van der Waals surface area (Å²) in [6.45, 7) is 7.53. The summed E-state index contributed by atoms with van der Waals surface area (Å²) in [6.07, 6.45) is 1.82. The zero-order valence-corrected chi connectivity index (χ0v) is 11.3. The quantitative estimate of drug-likeness (QED) is 0.883. The van der Waals surface area contributed by atoms with Gasteiger partial charge in [0, 0.05) is 18.1 Å². The third-order valence-electron chi connectivity index (χ3n) is 2.70. The largest absolute Gasteiger partial charge is 0.357 e. The number of hydrogen-bond acceptors (Lipinski definition) is 3. The first-order valence-electron chi connectivity index (χ1n) is 5.78. The topological polar surface area (TPSA) is 24.9 Å². The number of benzene rings is 1. The minimum atomic E-state index is 0.223. The molecule has 2 rings (SSSR count). The minimum absolute atomic E-state index is 0.223. The Labute approximate surface area is 107 Å². The zero-order valence-electron chi connectivity index (χ0n) is 10.5. The van der Waals surface area contributed by atoms with Crippen LogP contribution in [0, 0.1) is 0 Å². The Morgan fingerprint density at radius 1 is 1.18 bits per heavy atom. The summed E-state index contributed by atoms with van der Waals surface area (Å²) < 4.78 is 0. The lowest BCUT2D eigenvalue weighted by Crippen LogP contribution is -2.11. The van der Waals surface area contributed by atoms with Gasteiger partial charge in [0.05, 0.1) is 0 Å². The zero-order chi connectivity index (χ0) is 12.3. The molecule has 0 aliphatic carbocycles. The van der Waals surface area contributed by atoms with Gasteiger partial charge in [-0.3, -0.25) is 0 Å². The van der Waals surface area contributed by atoms with Crippen LogP contribution in [0.2, 0.25) is 0 Å². The summed E-state index contributed by atoms with van der Waals surface area (Å²) in [7, 11) is 0. The number of hydrogen-bond donors (Lipinski definition) is 1. The van der Waals surface area contributed by atoms with Crippen molar-refractivity contribution in [3.05, 3.63) is 47.0 Å². The maximum atomic E-state index is 4.20. The van der Waals surface area contributed by atoms with E-state index in [0.717, 1.165) is 11.7 Å². The van der Waals surface area contributed by atoms with Gasteiger partial charge in [0.25, 0.3) is 0 Å². The number of thiazole rings is 1. The van der Waals surface area contributed by atoms with E-state index in [1.54, 1.807) is 11.3 Å². The molecule has 0 unspecified atom stereocenters. The van der Waals surface area contributed by atoms with Crippen LogP contribution in [0.3, 0.4) is 0 Å². The van der Waals surface area contributed by atoms with E-state index in [4.69, 9.17) is 0 Å². The molecule has 0 saturated carbocycles. The molecule has 2 nitrogen and oxygen atoms in total.